The first-order valence-corrected chi connectivity index (χ1v) is 13.4. The highest BCUT2D eigenvalue weighted by Gasteiger charge is 2.35. The Labute approximate surface area is 232 Å². The van der Waals surface area contributed by atoms with Gasteiger partial charge in [0.2, 0.25) is 0 Å². The third kappa shape index (κ3) is 3.86. The number of fused-ring (bicyclic) bond motifs is 4. The highest BCUT2D eigenvalue weighted by molar-refractivity contribution is 5.92. The second-order valence-electron chi connectivity index (χ2n) is 10.4. The van der Waals surface area contributed by atoms with Crippen LogP contribution in [0.3, 0.4) is 0 Å². The van der Waals surface area contributed by atoms with Gasteiger partial charge < -0.3 is 10.1 Å². The van der Waals surface area contributed by atoms with Crippen LogP contribution in [-0.2, 0) is 5.54 Å². The van der Waals surface area contributed by atoms with Gasteiger partial charge in [-0.2, -0.15) is 5.11 Å². The molecule has 0 bridgehead atoms. The Morgan fingerprint density at radius 1 is 0.750 bits per heavy atom. The quantitative estimate of drug-likeness (QED) is 0.254. The summed E-state index contributed by atoms with van der Waals surface area (Å²) < 4.78 is 2.25. The van der Waals surface area contributed by atoms with E-state index in [2.05, 4.69) is 101 Å². The third-order valence-corrected chi connectivity index (χ3v) is 7.99. The molecule has 5 heteroatoms. The highest BCUT2D eigenvalue weighted by Crippen LogP contribution is 2.32. The fourth-order valence-electron chi connectivity index (χ4n) is 5.74. The summed E-state index contributed by atoms with van der Waals surface area (Å²) >= 11 is 0. The van der Waals surface area contributed by atoms with Crippen LogP contribution in [0.15, 0.2) is 125 Å². The summed E-state index contributed by atoms with van der Waals surface area (Å²) in [5.74, 6) is 0.254. The van der Waals surface area contributed by atoms with Crippen LogP contribution < -0.4 is 15.6 Å². The summed E-state index contributed by atoms with van der Waals surface area (Å²) in [6, 6.07) is 38.5. The molecule has 6 aromatic rings. The zero-order valence-corrected chi connectivity index (χ0v) is 22.4. The Kier molecular flexibility index (Phi) is 5.53. The van der Waals surface area contributed by atoms with E-state index >= 15 is 0 Å². The lowest BCUT2D eigenvalue weighted by molar-refractivity contribution is 0.476. The molecule has 0 fully saturated rings. The zero-order chi connectivity index (χ0) is 27.3. The minimum atomic E-state index is -0.308. The van der Waals surface area contributed by atoms with Gasteiger partial charge in [0, 0.05) is 23.0 Å². The lowest BCUT2D eigenvalue weighted by atomic mass is 9.91. The molecule has 0 aliphatic carbocycles. The standard InChI is InChI=1S/C35H28N4O/c1-35(26-11-4-3-5-12-26)23-34-30(31-22-28(40)19-20-33(31)39(34)38(35)2)21-24-15-17-27(18-16-24)36-37-32-14-8-10-25-9-6-7-13-29(25)32/h3-23,40H,1-2H3. The predicted octanol–water partition coefficient (Wildman–Crippen LogP) is 7.02. The van der Waals surface area contributed by atoms with Crippen molar-refractivity contribution in [2.75, 3.05) is 12.1 Å². The second kappa shape index (κ2) is 9.24. The lowest BCUT2D eigenvalue weighted by Gasteiger charge is -2.35. The molecule has 0 radical (unpaired) electrons. The van der Waals surface area contributed by atoms with Gasteiger partial charge >= 0.3 is 0 Å². The molecule has 1 aromatic heterocycles. The molecule has 5 aromatic carbocycles. The number of benzene rings is 5. The normalized spacial score (nSPS) is 17.1. The number of aromatic nitrogens is 1. The van der Waals surface area contributed by atoms with Crippen LogP contribution in [-0.4, -0.2) is 16.8 Å². The molecule has 2 heterocycles. The minimum Gasteiger partial charge on any atom is -0.508 e. The molecule has 5 nitrogen and oxygen atoms in total. The summed E-state index contributed by atoms with van der Waals surface area (Å²) in [7, 11) is 2.12. The number of hydrogen-bond donors (Lipinski definition) is 1. The number of phenolic OH excluding ortho intramolecular Hbond substituents is 1. The van der Waals surface area contributed by atoms with Crippen LogP contribution >= 0.6 is 0 Å². The molecule has 194 valence electrons. The van der Waals surface area contributed by atoms with E-state index in [1.807, 2.05) is 54.6 Å². The van der Waals surface area contributed by atoms with E-state index in [0.29, 0.717) is 0 Å². The molecule has 40 heavy (non-hydrogen) atoms. The number of hydrogen-bond acceptors (Lipinski definition) is 4. The van der Waals surface area contributed by atoms with Gasteiger partial charge in [0.15, 0.2) is 0 Å². The Balaban J connectivity index is 1.31. The van der Waals surface area contributed by atoms with Crippen molar-refractivity contribution < 1.29 is 5.11 Å². The molecule has 1 unspecified atom stereocenters. The van der Waals surface area contributed by atoms with E-state index in [1.54, 1.807) is 6.07 Å². The molecule has 1 aliphatic heterocycles. The predicted molar refractivity (Wildman–Crippen MR) is 163 cm³/mol. The largest absolute Gasteiger partial charge is 0.508 e. The van der Waals surface area contributed by atoms with Crippen LogP contribution in [0.25, 0.3) is 33.8 Å². The Bertz CT molecular complexity index is 2040. The highest BCUT2D eigenvalue weighted by atomic mass is 16.3. The van der Waals surface area contributed by atoms with Gasteiger partial charge in [0.1, 0.15) is 5.75 Å². The number of rotatable bonds is 4. The molecular formula is C35H28N4O. The smallest absolute Gasteiger partial charge is 0.116 e. The van der Waals surface area contributed by atoms with Crippen molar-refractivity contribution in [3.05, 3.63) is 137 Å². The van der Waals surface area contributed by atoms with Crippen molar-refractivity contribution in [2.24, 2.45) is 10.2 Å². The summed E-state index contributed by atoms with van der Waals surface area (Å²) in [4.78, 5) is 0. The van der Waals surface area contributed by atoms with Crippen LogP contribution in [0.1, 0.15) is 18.1 Å². The fourth-order valence-corrected chi connectivity index (χ4v) is 5.74. The van der Waals surface area contributed by atoms with E-state index in [0.717, 1.165) is 49.2 Å². The maximum absolute atomic E-state index is 10.3. The van der Waals surface area contributed by atoms with Gasteiger partial charge in [-0.25, -0.2) is 0 Å². The SMILES string of the molecule is CN1n2c(c(=Cc3ccc(N=Nc4cccc5ccccc45)cc3)c3cc(O)ccc32)=CC1(C)c1ccccc1. The molecule has 0 saturated heterocycles. The van der Waals surface area contributed by atoms with Gasteiger partial charge in [0.25, 0.3) is 0 Å². The lowest BCUT2D eigenvalue weighted by Crippen LogP contribution is -2.44. The third-order valence-electron chi connectivity index (χ3n) is 7.99. The molecule has 1 N–H and O–H groups in total. The van der Waals surface area contributed by atoms with Gasteiger partial charge in [0.05, 0.1) is 27.8 Å². The molecule has 0 saturated carbocycles. The van der Waals surface area contributed by atoms with Crippen molar-refractivity contribution in [3.63, 3.8) is 0 Å². The summed E-state index contributed by atoms with van der Waals surface area (Å²) in [5.41, 5.74) is 4.66. The van der Waals surface area contributed by atoms with E-state index in [4.69, 9.17) is 0 Å². The van der Waals surface area contributed by atoms with Crippen molar-refractivity contribution >= 4 is 45.2 Å². The molecule has 0 amide bonds. The van der Waals surface area contributed by atoms with Gasteiger partial charge in [-0.05, 0) is 72.0 Å². The Morgan fingerprint density at radius 2 is 1.50 bits per heavy atom. The zero-order valence-electron chi connectivity index (χ0n) is 22.4. The van der Waals surface area contributed by atoms with Crippen LogP contribution in [0.2, 0.25) is 0 Å². The van der Waals surface area contributed by atoms with E-state index < -0.39 is 0 Å². The molecule has 7 rings (SSSR count). The minimum absolute atomic E-state index is 0.254. The monoisotopic (exact) mass is 520 g/mol. The van der Waals surface area contributed by atoms with Gasteiger partial charge in [-0.3, -0.25) is 4.68 Å². The fraction of sp³-hybridized carbons (Fsp3) is 0.0857. The van der Waals surface area contributed by atoms with Crippen molar-refractivity contribution in [2.45, 2.75) is 12.5 Å². The second-order valence-corrected chi connectivity index (χ2v) is 10.4. The van der Waals surface area contributed by atoms with Gasteiger partial charge in [-0.1, -0.05) is 78.9 Å². The Morgan fingerprint density at radius 3 is 2.33 bits per heavy atom. The average Bonchev–Trinajstić information content (AvgIpc) is 3.43. The van der Waals surface area contributed by atoms with Crippen molar-refractivity contribution in [1.29, 1.82) is 0 Å². The van der Waals surface area contributed by atoms with Crippen LogP contribution in [0.5, 0.6) is 5.75 Å². The number of nitrogens with zero attached hydrogens (tertiary/aromatic N) is 4. The first-order valence-electron chi connectivity index (χ1n) is 13.4. The number of phenols is 1. The van der Waals surface area contributed by atoms with E-state index in [-0.39, 0.29) is 11.3 Å². The van der Waals surface area contributed by atoms with Gasteiger partial charge in [-0.15, -0.1) is 5.11 Å². The molecule has 1 atom stereocenters. The van der Waals surface area contributed by atoms with Crippen molar-refractivity contribution in [3.8, 4) is 5.75 Å². The summed E-state index contributed by atoms with van der Waals surface area (Å²) in [6.07, 6.45) is 4.50. The molecule has 1 aliphatic rings. The first-order chi connectivity index (χ1) is 19.5. The summed E-state index contributed by atoms with van der Waals surface area (Å²) in [6.45, 7) is 2.24. The number of azo groups is 1. The van der Waals surface area contributed by atoms with Crippen LogP contribution in [0, 0.1) is 0 Å². The van der Waals surface area contributed by atoms with Crippen LogP contribution in [0.4, 0.5) is 11.4 Å². The first kappa shape index (κ1) is 23.9. The topological polar surface area (TPSA) is 53.1 Å². The molecule has 0 spiro atoms. The number of aromatic hydroxyl groups is 1. The maximum Gasteiger partial charge on any atom is 0.116 e. The molecular weight excluding hydrogens is 492 g/mol. The average molecular weight is 521 g/mol. The summed E-state index contributed by atoms with van der Waals surface area (Å²) in [5, 5.41) is 27.1. The Hall–Kier alpha value is -5.16. The van der Waals surface area contributed by atoms with Crippen molar-refractivity contribution in [1.82, 2.24) is 4.68 Å². The van der Waals surface area contributed by atoms with E-state index in [9.17, 15) is 5.11 Å². The maximum atomic E-state index is 10.3. The van der Waals surface area contributed by atoms with E-state index in [1.165, 1.54) is 5.56 Å².